The number of hydrogen-bond acceptors (Lipinski definition) is 4. The summed E-state index contributed by atoms with van der Waals surface area (Å²) in [6.07, 6.45) is 2.25. The molecule has 0 radical (unpaired) electrons. The van der Waals surface area contributed by atoms with Crippen molar-refractivity contribution in [3.8, 4) is 11.1 Å². The Morgan fingerprint density at radius 3 is 2.57 bits per heavy atom. The highest BCUT2D eigenvalue weighted by Gasteiger charge is 2.33. The van der Waals surface area contributed by atoms with Gasteiger partial charge < -0.3 is 0 Å². The standard InChI is InChI=1S/C28H21F5N4/c1-16-8-11-20(22(12-16)28(31,32)33)17-9-10-19(34-14-17)13-18-4-2-7-24-25(15-35-18)37-27(36-24)21-5-3-6-23(29)26(21)30/h3,5-12,14-15,18H,2,4,13H2,1H3. The van der Waals surface area contributed by atoms with Gasteiger partial charge in [-0.15, -0.1) is 0 Å². The molecule has 4 nitrogen and oxygen atoms in total. The van der Waals surface area contributed by atoms with Crippen LogP contribution in [-0.2, 0) is 12.6 Å². The lowest BCUT2D eigenvalue weighted by atomic mass is 9.97. The fourth-order valence-corrected chi connectivity index (χ4v) is 4.32. The van der Waals surface area contributed by atoms with Crippen molar-refractivity contribution in [3.05, 3.63) is 101 Å². The summed E-state index contributed by atoms with van der Waals surface area (Å²) in [5, 5.41) is 0. The Labute approximate surface area is 210 Å². The number of benzene rings is 2. The number of amidine groups is 1. The Morgan fingerprint density at radius 1 is 0.973 bits per heavy atom. The third kappa shape index (κ3) is 5.26. The van der Waals surface area contributed by atoms with Gasteiger partial charge in [0.1, 0.15) is 5.71 Å². The van der Waals surface area contributed by atoms with Crippen molar-refractivity contribution in [2.45, 2.75) is 38.4 Å². The molecule has 2 aliphatic heterocycles. The third-order valence-electron chi connectivity index (χ3n) is 6.21. The number of fused-ring (bicyclic) bond motifs is 1. The van der Waals surface area contributed by atoms with E-state index in [4.69, 9.17) is 0 Å². The minimum Gasteiger partial charge on any atom is -0.287 e. The van der Waals surface area contributed by atoms with Crippen molar-refractivity contribution in [3.63, 3.8) is 0 Å². The summed E-state index contributed by atoms with van der Waals surface area (Å²) in [5.41, 5.74) is 2.02. The molecule has 37 heavy (non-hydrogen) atoms. The van der Waals surface area contributed by atoms with Gasteiger partial charge in [-0.3, -0.25) is 9.98 Å². The molecule has 2 aromatic carbocycles. The van der Waals surface area contributed by atoms with Gasteiger partial charge in [0, 0.05) is 30.1 Å². The van der Waals surface area contributed by atoms with Gasteiger partial charge in [-0.2, -0.15) is 13.2 Å². The molecule has 1 aromatic heterocycles. The van der Waals surface area contributed by atoms with Gasteiger partial charge in [0.05, 0.1) is 22.9 Å². The van der Waals surface area contributed by atoms with Crippen LogP contribution in [0.25, 0.3) is 11.1 Å². The fraction of sp³-hybridized carbons (Fsp3) is 0.214. The molecule has 0 saturated carbocycles. The van der Waals surface area contributed by atoms with Crippen LogP contribution >= 0.6 is 0 Å². The predicted octanol–water partition coefficient (Wildman–Crippen LogP) is 6.92. The van der Waals surface area contributed by atoms with E-state index in [-0.39, 0.29) is 23.0 Å². The van der Waals surface area contributed by atoms with Crippen molar-refractivity contribution in [1.82, 2.24) is 4.98 Å². The summed E-state index contributed by atoms with van der Waals surface area (Å²) in [6, 6.07) is 11.3. The van der Waals surface area contributed by atoms with Crippen LogP contribution in [0.3, 0.4) is 0 Å². The predicted molar refractivity (Wildman–Crippen MR) is 133 cm³/mol. The first kappa shape index (κ1) is 24.7. The highest BCUT2D eigenvalue weighted by atomic mass is 19.4. The largest absolute Gasteiger partial charge is 0.417 e. The maximum atomic E-state index is 14.2. The van der Waals surface area contributed by atoms with E-state index in [0.717, 1.165) is 12.1 Å². The first-order chi connectivity index (χ1) is 17.7. The molecule has 2 aliphatic rings. The van der Waals surface area contributed by atoms with Gasteiger partial charge in [-0.25, -0.2) is 18.8 Å². The van der Waals surface area contributed by atoms with Crippen molar-refractivity contribution in [1.29, 1.82) is 0 Å². The van der Waals surface area contributed by atoms with E-state index in [0.29, 0.717) is 47.5 Å². The van der Waals surface area contributed by atoms with E-state index in [2.05, 4.69) is 20.0 Å². The molecule has 0 aliphatic carbocycles. The summed E-state index contributed by atoms with van der Waals surface area (Å²) in [4.78, 5) is 17.7. The Kier molecular flexibility index (Phi) is 6.54. The number of hydrogen-bond donors (Lipinski definition) is 0. The second-order valence-corrected chi connectivity index (χ2v) is 8.92. The van der Waals surface area contributed by atoms with E-state index in [1.54, 1.807) is 31.3 Å². The Bertz CT molecular complexity index is 1470. The number of aryl methyl sites for hydroxylation is 1. The SMILES string of the molecule is Cc1ccc(-c2ccc(CC3CCC=C4N=C(c5cccc(F)c5F)N=C4C=N3)nc2)c(C(F)(F)F)c1. The average molecular weight is 508 g/mol. The van der Waals surface area contributed by atoms with Crippen LogP contribution in [0, 0.1) is 18.6 Å². The first-order valence-corrected chi connectivity index (χ1v) is 11.7. The summed E-state index contributed by atoms with van der Waals surface area (Å²) in [7, 11) is 0. The van der Waals surface area contributed by atoms with Crippen LogP contribution in [-0.4, -0.2) is 28.8 Å². The van der Waals surface area contributed by atoms with Crippen LogP contribution in [0.2, 0.25) is 0 Å². The molecule has 1 atom stereocenters. The molecule has 188 valence electrons. The monoisotopic (exact) mass is 508 g/mol. The van der Waals surface area contributed by atoms with Gasteiger partial charge in [0.15, 0.2) is 17.5 Å². The maximum absolute atomic E-state index is 14.2. The zero-order valence-corrected chi connectivity index (χ0v) is 19.7. The summed E-state index contributed by atoms with van der Waals surface area (Å²) >= 11 is 0. The van der Waals surface area contributed by atoms with Crippen LogP contribution < -0.4 is 0 Å². The molecular formula is C28H21F5N4. The average Bonchev–Trinajstić information content (AvgIpc) is 3.24. The number of halogens is 5. The Morgan fingerprint density at radius 2 is 1.81 bits per heavy atom. The zero-order valence-electron chi connectivity index (χ0n) is 19.7. The molecule has 0 amide bonds. The minimum absolute atomic E-state index is 0.0170. The summed E-state index contributed by atoms with van der Waals surface area (Å²) < 4.78 is 68.4. The van der Waals surface area contributed by atoms with E-state index >= 15 is 0 Å². The minimum atomic E-state index is -4.47. The van der Waals surface area contributed by atoms with Gasteiger partial charge in [-0.05, 0) is 49.6 Å². The topological polar surface area (TPSA) is 50.0 Å². The molecule has 5 rings (SSSR count). The van der Waals surface area contributed by atoms with E-state index in [9.17, 15) is 22.0 Å². The number of allylic oxidation sites excluding steroid dienone is 2. The lowest BCUT2D eigenvalue weighted by Gasteiger charge is -2.15. The number of alkyl halides is 3. The van der Waals surface area contributed by atoms with Crippen LogP contribution in [0.4, 0.5) is 22.0 Å². The van der Waals surface area contributed by atoms with Crippen molar-refractivity contribution in [2.24, 2.45) is 15.0 Å². The van der Waals surface area contributed by atoms with Gasteiger partial charge in [-0.1, -0.05) is 35.9 Å². The van der Waals surface area contributed by atoms with Gasteiger partial charge in [0.2, 0.25) is 0 Å². The zero-order chi connectivity index (χ0) is 26.2. The van der Waals surface area contributed by atoms with E-state index < -0.39 is 23.4 Å². The lowest BCUT2D eigenvalue weighted by Crippen LogP contribution is -2.14. The first-order valence-electron chi connectivity index (χ1n) is 11.7. The van der Waals surface area contributed by atoms with Crippen LogP contribution in [0.15, 0.2) is 81.5 Å². The van der Waals surface area contributed by atoms with E-state index in [1.165, 1.54) is 24.4 Å². The highest BCUT2D eigenvalue weighted by Crippen LogP contribution is 2.37. The second-order valence-electron chi connectivity index (χ2n) is 8.92. The quantitative estimate of drug-likeness (QED) is 0.353. The lowest BCUT2D eigenvalue weighted by molar-refractivity contribution is -0.137. The molecule has 0 spiro atoms. The molecule has 0 bridgehead atoms. The molecule has 0 N–H and O–H groups in total. The van der Waals surface area contributed by atoms with Gasteiger partial charge in [0.25, 0.3) is 0 Å². The Balaban J connectivity index is 1.32. The summed E-state index contributed by atoms with van der Waals surface area (Å²) in [6.45, 7) is 1.62. The molecule has 0 fully saturated rings. The Hall–Kier alpha value is -4.01. The molecule has 9 heteroatoms. The number of pyridine rings is 1. The second kappa shape index (κ2) is 9.80. The van der Waals surface area contributed by atoms with Crippen molar-refractivity contribution in [2.75, 3.05) is 0 Å². The molecular weight excluding hydrogens is 487 g/mol. The number of nitrogens with zero attached hydrogens (tertiary/aromatic N) is 4. The normalized spacial score (nSPS) is 17.5. The van der Waals surface area contributed by atoms with Crippen LogP contribution in [0.1, 0.15) is 35.2 Å². The summed E-state index contributed by atoms with van der Waals surface area (Å²) in [5.74, 6) is -1.88. The fourth-order valence-electron chi connectivity index (χ4n) is 4.32. The van der Waals surface area contributed by atoms with Crippen molar-refractivity contribution < 1.29 is 22.0 Å². The molecule has 0 saturated heterocycles. The van der Waals surface area contributed by atoms with Crippen molar-refractivity contribution >= 4 is 17.8 Å². The van der Waals surface area contributed by atoms with Crippen LogP contribution in [0.5, 0.6) is 0 Å². The molecule has 1 unspecified atom stereocenters. The van der Waals surface area contributed by atoms with Gasteiger partial charge >= 0.3 is 6.18 Å². The molecule has 3 aromatic rings. The third-order valence-corrected chi connectivity index (χ3v) is 6.21. The van der Waals surface area contributed by atoms with E-state index in [1.807, 2.05) is 6.08 Å². The number of rotatable bonds is 4. The number of aliphatic imine (C=N–C) groups is 3. The smallest absolute Gasteiger partial charge is 0.287 e. The number of aromatic nitrogens is 1. The maximum Gasteiger partial charge on any atom is 0.417 e. The molecule has 3 heterocycles. The highest BCUT2D eigenvalue weighted by molar-refractivity contribution is 6.43.